The zero-order valence-electron chi connectivity index (χ0n) is 13.6. The molecule has 24 heavy (non-hydrogen) atoms. The molecule has 2 amide bonds. The van der Waals surface area contributed by atoms with E-state index in [1.807, 2.05) is 37.3 Å². The molecular weight excluding hydrogens is 304 g/mol. The van der Waals surface area contributed by atoms with Crippen LogP contribution in [0.3, 0.4) is 0 Å². The predicted octanol–water partition coefficient (Wildman–Crippen LogP) is 2.62. The zero-order chi connectivity index (χ0) is 16.9. The molecule has 0 aromatic heterocycles. The molecule has 0 saturated carbocycles. The second-order valence-electron chi connectivity index (χ2n) is 5.67. The first kappa shape index (κ1) is 16.1. The van der Waals surface area contributed by atoms with Gasteiger partial charge in [-0.05, 0) is 43.3 Å². The number of anilines is 1. The van der Waals surface area contributed by atoms with Crippen LogP contribution in [0.2, 0.25) is 0 Å². The summed E-state index contributed by atoms with van der Waals surface area (Å²) in [6, 6.07) is 16.3. The van der Waals surface area contributed by atoms with E-state index in [2.05, 4.69) is 5.32 Å². The van der Waals surface area contributed by atoms with Gasteiger partial charge in [-0.2, -0.15) is 0 Å². The van der Waals surface area contributed by atoms with E-state index in [9.17, 15) is 9.59 Å². The first-order valence-corrected chi connectivity index (χ1v) is 8.06. The van der Waals surface area contributed by atoms with Crippen molar-refractivity contribution < 1.29 is 14.3 Å². The van der Waals surface area contributed by atoms with E-state index >= 15 is 0 Å². The second kappa shape index (κ2) is 7.17. The Morgan fingerprint density at radius 1 is 1.17 bits per heavy atom. The van der Waals surface area contributed by atoms with Crippen molar-refractivity contribution in [1.82, 2.24) is 5.32 Å². The molecule has 1 atom stereocenters. The Hall–Kier alpha value is -2.82. The Morgan fingerprint density at radius 3 is 2.54 bits per heavy atom. The monoisotopic (exact) mass is 324 g/mol. The standard InChI is InChI=1S/C19H20N2O3/c1-2-24-17-10-8-14(9-11-17)19(23)20-15-12-18(22)21(13-15)16-6-4-3-5-7-16/h3-11,15H,2,12-13H2,1H3,(H,20,23)/t15-/m1/s1. The van der Waals surface area contributed by atoms with E-state index in [4.69, 9.17) is 4.74 Å². The van der Waals surface area contributed by atoms with E-state index < -0.39 is 0 Å². The third kappa shape index (κ3) is 3.56. The van der Waals surface area contributed by atoms with Gasteiger partial charge in [0.2, 0.25) is 5.91 Å². The predicted molar refractivity (Wildman–Crippen MR) is 92.3 cm³/mol. The van der Waals surface area contributed by atoms with Crippen molar-refractivity contribution in [2.24, 2.45) is 0 Å². The lowest BCUT2D eigenvalue weighted by Crippen LogP contribution is -2.37. The van der Waals surface area contributed by atoms with Gasteiger partial charge in [-0.3, -0.25) is 9.59 Å². The molecule has 3 rings (SSSR count). The highest BCUT2D eigenvalue weighted by Gasteiger charge is 2.31. The van der Waals surface area contributed by atoms with Crippen molar-refractivity contribution in [3.05, 3.63) is 60.2 Å². The van der Waals surface area contributed by atoms with E-state index in [1.54, 1.807) is 29.2 Å². The smallest absolute Gasteiger partial charge is 0.251 e. The van der Waals surface area contributed by atoms with Crippen LogP contribution in [0.25, 0.3) is 0 Å². The molecule has 1 saturated heterocycles. The Morgan fingerprint density at radius 2 is 1.88 bits per heavy atom. The molecule has 5 nitrogen and oxygen atoms in total. The molecule has 1 aliphatic heterocycles. The summed E-state index contributed by atoms with van der Waals surface area (Å²) in [4.78, 5) is 26.2. The highest BCUT2D eigenvalue weighted by molar-refractivity contribution is 5.98. The van der Waals surface area contributed by atoms with Gasteiger partial charge in [0.05, 0.1) is 12.6 Å². The van der Waals surface area contributed by atoms with Crippen LogP contribution in [0, 0.1) is 0 Å². The van der Waals surface area contributed by atoms with Gasteiger partial charge in [-0.1, -0.05) is 18.2 Å². The van der Waals surface area contributed by atoms with Crippen LogP contribution < -0.4 is 15.0 Å². The first-order valence-electron chi connectivity index (χ1n) is 8.06. The van der Waals surface area contributed by atoms with Crippen LogP contribution >= 0.6 is 0 Å². The van der Waals surface area contributed by atoms with Gasteiger partial charge in [0.1, 0.15) is 5.75 Å². The molecule has 0 radical (unpaired) electrons. The number of para-hydroxylation sites is 1. The fraction of sp³-hybridized carbons (Fsp3) is 0.263. The summed E-state index contributed by atoms with van der Waals surface area (Å²) < 4.78 is 5.37. The molecule has 2 aromatic carbocycles. The molecule has 1 heterocycles. The van der Waals surface area contributed by atoms with Crippen molar-refractivity contribution >= 4 is 17.5 Å². The van der Waals surface area contributed by atoms with Gasteiger partial charge in [0, 0.05) is 24.2 Å². The van der Waals surface area contributed by atoms with Crippen LogP contribution in [0.1, 0.15) is 23.7 Å². The SMILES string of the molecule is CCOc1ccc(C(=O)N[C@@H]2CC(=O)N(c3ccccc3)C2)cc1. The maximum Gasteiger partial charge on any atom is 0.251 e. The van der Waals surface area contributed by atoms with Crippen molar-refractivity contribution in [3.8, 4) is 5.75 Å². The number of rotatable bonds is 5. The summed E-state index contributed by atoms with van der Waals surface area (Å²) in [5, 5.41) is 2.93. The zero-order valence-corrected chi connectivity index (χ0v) is 13.6. The second-order valence-corrected chi connectivity index (χ2v) is 5.67. The lowest BCUT2D eigenvalue weighted by molar-refractivity contribution is -0.117. The van der Waals surface area contributed by atoms with Gasteiger partial charge in [0.15, 0.2) is 0 Å². The fourth-order valence-corrected chi connectivity index (χ4v) is 2.80. The van der Waals surface area contributed by atoms with Crippen molar-refractivity contribution in [2.75, 3.05) is 18.1 Å². The van der Waals surface area contributed by atoms with Gasteiger partial charge in [-0.15, -0.1) is 0 Å². The number of nitrogens with zero attached hydrogens (tertiary/aromatic N) is 1. The largest absolute Gasteiger partial charge is 0.494 e. The molecule has 1 fully saturated rings. The number of ether oxygens (including phenoxy) is 1. The Bertz CT molecular complexity index is 713. The summed E-state index contributed by atoms with van der Waals surface area (Å²) in [6.07, 6.45) is 0.317. The number of hydrogen-bond donors (Lipinski definition) is 1. The number of nitrogens with one attached hydrogen (secondary N) is 1. The van der Waals surface area contributed by atoms with E-state index in [-0.39, 0.29) is 17.9 Å². The minimum Gasteiger partial charge on any atom is -0.494 e. The molecule has 5 heteroatoms. The van der Waals surface area contributed by atoms with Crippen molar-refractivity contribution in [3.63, 3.8) is 0 Å². The van der Waals surface area contributed by atoms with Crippen molar-refractivity contribution in [1.29, 1.82) is 0 Å². The molecule has 1 aliphatic rings. The molecule has 0 bridgehead atoms. The first-order chi connectivity index (χ1) is 11.7. The highest BCUT2D eigenvalue weighted by atomic mass is 16.5. The maximum absolute atomic E-state index is 12.3. The van der Waals surface area contributed by atoms with E-state index in [0.717, 1.165) is 11.4 Å². The Kier molecular flexibility index (Phi) is 4.79. The topological polar surface area (TPSA) is 58.6 Å². The normalized spacial score (nSPS) is 17.0. The Labute approximate surface area is 141 Å². The lowest BCUT2D eigenvalue weighted by Gasteiger charge is -2.17. The lowest BCUT2D eigenvalue weighted by atomic mass is 10.2. The maximum atomic E-state index is 12.3. The molecule has 0 unspecified atom stereocenters. The summed E-state index contributed by atoms with van der Waals surface area (Å²) >= 11 is 0. The summed E-state index contributed by atoms with van der Waals surface area (Å²) in [7, 11) is 0. The molecular formula is C19H20N2O3. The van der Waals surface area contributed by atoms with Gasteiger partial charge in [-0.25, -0.2) is 0 Å². The molecule has 1 N–H and O–H groups in total. The minimum absolute atomic E-state index is 0.0261. The summed E-state index contributed by atoms with van der Waals surface area (Å²) in [6.45, 7) is 2.99. The van der Waals surface area contributed by atoms with Crippen molar-refractivity contribution in [2.45, 2.75) is 19.4 Å². The summed E-state index contributed by atoms with van der Waals surface area (Å²) in [5.41, 5.74) is 1.42. The third-order valence-corrected chi connectivity index (χ3v) is 3.96. The van der Waals surface area contributed by atoms with Gasteiger partial charge >= 0.3 is 0 Å². The van der Waals surface area contributed by atoms with Crippen LogP contribution in [-0.2, 0) is 4.79 Å². The quantitative estimate of drug-likeness (QED) is 0.920. The van der Waals surface area contributed by atoms with Gasteiger partial charge in [0.25, 0.3) is 5.91 Å². The fourth-order valence-electron chi connectivity index (χ4n) is 2.80. The average molecular weight is 324 g/mol. The summed E-state index contributed by atoms with van der Waals surface area (Å²) in [5.74, 6) is 0.587. The number of benzene rings is 2. The van der Waals surface area contributed by atoms with Crippen LogP contribution in [0.4, 0.5) is 5.69 Å². The van der Waals surface area contributed by atoms with E-state index in [0.29, 0.717) is 25.1 Å². The number of carbonyl (C=O) groups excluding carboxylic acids is 2. The third-order valence-electron chi connectivity index (χ3n) is 3.96. The molecule has 124 valence electrons. The highest BCUT2D eigenvalue weighted by Crippen LogP contribution is 2.21. The van der Waals surface area contributed by atoms with Crippen LogP contribution in [-0.4, -0.2) is 31.0 Å². The molecule has 2 aromatic rings. The van der Waals surface area contributed by atoms with Crippen LogP contribution in [0.15, 0.2) is 54.6 Å². The Balaban J connectivity index is 1.62. The van der Waals surface area contributed by atoms with Crippen LogP contribution in [0.5, 0.6) is 5.75 Å². The number of carbonyl (C=O) groups is 2. The van der Waals surface area contributed by atoms with Gasteiger partial charge < -0.3 is 15.0 Å². The molecule has 0 aliphatic carbocycles. The minimum atomic E-state index is -0.184. The average Bonchev–Trinajstić information content (AvgIpc) is 2.97. The van der Waals surface area contributed by atoms with E-state index in [1.165, 1.54) is 0 Å². The number of amides is 2. The molecule has 0 spiro atoms. The number of hydrogen-bond acceptors (Lipinski definition) is 3.